The van der Waals surface area contributed by atoms with Crippen LogP contribution in [0.25, 0.3) is 6.08 Å². The fourth-order valence-corrected chi connectivity index (χ4v) is 4.37. The number of imide groups is 1. The molecular weight excluding hydrogens is 450 g/mol. The van der Waals surface area contributed by atoms with E-state index in [1.807, 2.05) is 44.2 Å². The highest BCUT2D eigenvalue weighted by Crippen LogP contribution is 2.35. The summed E-state index contributed by atoms with van der Waals surface area (Å²) < 4.78 is 10.9. The number of thioether (sulfide) groups is 1. The highest BCUT2D eigenvalue weighted by atomic mass is 32.2. The van der Waals surface area contributed by atoms with Gasteiger partial charge in [-0.25, -0.2) is 4.79 Å². The predicted octanol–water partition coefficient (Wildman–Crippen LogP) is 5.77. The van der Waals surface area contributed by atoms with Gasteiger partial charge in [0.25, 0.3) is 11.1 Å². The second kappa shape index (κ2) is 9.97. The highest BCUT2D eigenvalue weighted by molar-refractivity contribution is 8.18. The standard InChI is InChI=1S/C27H23NO5S/c1-17-7-6-10-20(13-17)26(30)33-22-12-11-19(14-23(22)32-3)15-24-25(29)28(27(31)34-24)16-21-9-5-4-8-18(21)2/h4-15H,16H2,1-3H3/b24-15-. The maximum absolute atomic E-state index is 12.9. The third-order valence-corrected chi connectivity index (χ3v) is 6.31. The molecular formula is C27H23NO5S. The van der Waals surface area contributed by atoms with Crippen molar-refractivity contribution in [2.45, 2.75) is 20.4 Å². The summed E-state index contributed by atoms with van der Waals surface area (Å²) >= 11 is 0.901. The van der Waals surface area contributed by atoms with E-state index < -0.39 is 5.97 Å². The largest absolute Gasteiger partial charge is 0.493 e. The molecule has 1 aliphatic heterocycles. The van der Waals surface area contributed by atoms with Crippen molar-refractivity contribution in [1.82, 2.24) is 4.90 Å². The van der Waals surface area contributed by atoms with E-state index in [9.17, 15) is 14.4 Å². The summed E-state index contributed by atoms with van der Waals surface area (Å²) in [6, 6.07) is 19.7. The van der Waals surface area contributed by atoms with Crippen molar-refractivity contribution >= 4 is 35.0 Å². The number of rotatable bonds is 6. The van der Waals surface area contributed by atoms with E-state index in [0.29, 0.717) is 21.8 Å². The average Bonchev–Trinajstić information content (AvgIpc) is 3.08. The first-order valence-corrected chi connectivity index (χ1v) is 11.4. The third kappa shape index (κ3) is 5.05. The lowest BCUT2D eigenvalue weighted by molar-refractivity contribution is -0.123. The maximum atomic E-state index is 12.9. The number of hydrogen-bond donors (Lipinski definition) is 0. The molecule has 0 radical (unpaired) electrons. The lowest BCUT2D eigenvalue weighted by Crippen LogP contribution is -2.27. The number of amides is 2. The van der Waals surface area contributed by atoms with Crippen molar-refractivity contribution in [2.24, 2.45) is 0 Å². The molecule has 0 saturated carbocycles. The Hall–Kier alpha value is -3.84. The zero-order valence-electron chi connectivity index (χ0n) is 19.0. The Morgan fingerprint density at radius 2 is 1.76 bits per heavy atom. The van der Waals surface area contributed by atoms with Crippen molar-refractivity contribution in [2.75, 3.05) is 7.11 Å². The molecule has 0 unspecified atom stereocenters. The number of carbonyl (C=O) groups excluding carboxylic acids is 3. The SMILES string of the molecule is COc1cc(/C=C2\SC(=O)N(Cc3ccccc3C)C2=O)ccc1OC(=O)c1cccc(C)c1. The van der Waals surface area contributed by atoms with E-state index in [2.05, 4.69) is 0 Å². The third-order valence-electron chi connectivity index (χ3n) is 5.41. The van der Waals surface area contributed by atoms with Crippen LogP contribution in [0.3, 0.4) is 0 Å². The van der Waals surface area contributed by atoms with Crippen LogP contribution in [0, 0.1) is 13.8 Å². The van der Waals surface area contributed by atoms with Gasteiger partial charge in [-0.2, -0.15) is 0 Å². The first kappa shape index (κ1) is 23.3. The second-order valence-corrected chi connectivity index (χ2v) is 8.86. The van der Waals surface area contributed by atoms with E-state index >= 15 is 0 Å². The van der Waals surface area contributed by atoms with Gasteiger partial charge in [-0.1, -0.05) is 48.0 Å². The lowest BCUT2D eigenvalue weighted by Gasteiger charge is -2.14. The fraction of sp³-hybridized carbons (Fsp3) is 0.148. The van der Waals surface area contributed by atoms with Gasteiger partial charge < -0.3 is 9.47 Å². The molecule has 0 spiro atoms. The summed E-state index contributed by atoms with van der Waals surface area (Å²) in [5, 5.41) is -0.310. The molecule has 0 atom stereocenters. The Morgan fingerprint density at radius 3 is 2.50 bits per heavy atom. The first-order valence-electron chi connectivity index (χ1n) is 10.6. The summed E-state index contributed by atoms with van der Waals surface area (Å²) in [6.45, 7) is 4.07. The monoisotopic (exact) mass is 473 g/mol. The van der Waals surface area contributed by atoms with Gasteiger partial charge in [0.15, 0.2) is 11.5 Å². The van der Waals surface area contributed by atoms with Crippen molar-refractivity contribution in [1.29, 1.82) is 0 Å². The smallest absolute Gasteiger partial charge is 0.343 e. The van der Waals surface area contributed by atoms with Crippen LogP contribution in [0.5, 0.6) is 11.5 Å². The number of hydrogen-bond acceptors (Lipinski definition) is 6. The molecule has 0 aromatic heterocycles. The summed E-state index contributed by atoms with van der Waals surface area (Å²) in [5.74, 6) is -0.230. The van der Waals surface area contributed by atoms with E-state index in [-0.39, 0.29) is 23.4 Å². The summed E-state index contributed by atoms with van der Waals surface area (Å²) in [7, 11) is 1.47. The molecule has 3 aromatic carbocycles. The van der Waals surface area contributed by atoms with Gasteiger partial charge >= 0.3 is 5.97 Å². The Balaban J connectivity index is 1.53. The normalized spacial score (nSPS) is 14.6. The number of methoxy groups -OCH3 is 1. The molecule has 1 fully saturated rings. The predicted molar refractivity (Wildman–Crippen MR) is 132 cm³/mol. The second-order valence-electron chi connectivity index (χ2n) is 7.86. The molecule has 6 nitrogen and oxygen atoms in total. The molecule has 1 saturated heterocycles. The van der Waals surface area contributed by atoms with Crippen LogP contribution < -0.4 is 9.47 Å². The molecule has 0 N–H and O–H groups in total. The number of aryl methyl sites for hydroxylation is 2. The molecule has 1 aliphatic rings. The van der Waals surface area contributed by atoms with Crippen LogP contribution in [-0.4, -0.2) is 29.1 Å². The summed E-state index contributed by atoms with van der Waals surface area (Å²) in [5.41, 5.74) is 3.98. The van der Waals surface area contributed by atoms with E-state index in [4.69, 9.17) is 9.47 Å². The topological polar surface area (TPSA) is 72.9 Å². The van der Waals surface area contributed by atoms with Gasteiger partial charge in [-0.05, 0) is 72.6 Å². The minimum Gasteiger partial charge on any atom is -0.493 e. The number of esters is 1. The van der Waals surface area contributed by atoms with Crippen LogP contribution in [0.2, 0.25) is 0 Å². The molecule has 0 aliphatic carbocycles. The zero-order valence-corrected chi connectivity index (χ0v) is 19.8. The average molecular weight is 474 g/mol. The maximum Gasteiger partial charge on any atom is 0.343 e. The number of carbonyl (C=O) groups is 3. The summed E-state index contributed by atoms with van der Waals surface area (Å²) in [4.78, 5) is 39.5. The van der Waals surface area contributed by atoms with E-state index in [0.717, 1.165) is 28.5 Å². The summed E-state index contributed by atoms with van der Waals surface area (Å²) in [6.07, 6.45) is 1.64. The Labute approximate surface area is 202 Å². The Kier molecular flexibility index (Phi) is 6.84. The minimum absolute atomic E-state index is 0.228. The van der Waals surface area contributed by atoms with Crippen molar-refractivity contribution in [3.8, 4) is 11.5 Å². The molecule has 4 rings (SSSR count). The zero-order chi connectivity index (χ0) is 24.2. The molecule has 34 heavy (non-hydrogen) atoms. The fourth-order valence-electron chi connectivity index (χ4n) is 3.53. The molecule has 172 valence electrons. The number of nitrogens with zero attached hydrogens (tertiary/aromatic N) is 1. The molecule has 1 heterocycles. The quantitative estimate of drug-likeness (QED) is 0.257. The van der Waals surface area contributed by atoms with Gasteiger partial charge in [0.2, 0.25) is 0 Å². The van der Waals surface area contributed by atoms with Gasteiger partial charge in [-0.3, -0.25) is 14.5 Å². The first-order chi connectivity index (χ1) is 16.4. The van der Waals surface area contributed by atoms with Crippen molar-refractivity contribution in [3.63, 3.8) is 0 Å². The van der Waals surface area contributed by atoms with Crippen molar-refractivity contribution in [3.05, 3.63) is 99.5 Å². The number of ether oxygens (including phenoxy) is 2. The van der Waals surface area contributed by atoms with Gasteiger partial charge in [0.05, 0.1) is 24.1 Å². The molecule has 0 bridgehead atoms. The van der Waals surface area contributed by atoms with Crippen LogP contribution in [0.1, 0.15) is 32.6 Å². The van der Waals surface area contributed by atoms with Gasteiger partial charge in [-0.15, -0.1) is 0 Å². The van der Waals surface area contributed by atoms with Crippen LogP contribution >= 0.6 is 11.8 Å². The van der Waals surface area contributed by atoms with Crippen LogP contribution in [-0.2, 0) is 11.3 Å². The van der Waals surface area contributed by atoms with Gasteiger partial charge in [0, 0.05) is 0 Å². The Morgan fingerprint density at radius 1 is 0.971 bits per heavy atom. The van der Waals surface area contributed by atoms with Crippen molar-refractivity contribution < 1.29 is 23.9 Å². The molecule has 3 aromatic rings. The van der Waals surface area contributed by atoms with Gasteiger partial charge in [0.1, 0.15) is 0 Å². The van der Waals surface area contributed by atoms with Crippen LogP contribution in [0.4, 0.5) is 4.79 Å². The van der Waals surface area contributed by atoms with E-state index in [1.54, 1.807) is 42.5 Å². The molecule has 7 heteroatoms. The minimum atomic E-state index is -0.493. The highest BCUT2D eigenvalue weighted by Gasteiger charge is 2.35. The van der Waals surface area contributed by atoms with Crippen LogP contribution in [0.15, 0.2) is 71.6 Å². The Bertz CT molecular complexity index is 1310. The lowest BCUT2D eigenvalue weighted by atomic mass is 10.1. The molecule has 2 amide bonds. The van der Waals surface area contributed by atoms with E-state index in [1.165, 1.54) is 12.0 Å². The number of benzene rings is 3.